The Morgan fingerprint density at radius 1 is 1.31 bits per heavy atom. The molecule has 2 aliphatic heterocycles. The molecule has 2 aliphatic rings. The van der Waals surface area contributed by atoms with Gasteiger partial charge < -0.3 is 14.2 Å². The highest BCUT2D eigenvalue weighted by Gasteiger charge is 2.41. The van der Waals surface area contributed by atoms with E-state index >= 15 is 0 Å². The summed E-state index contributed by atoms with van der Waals surface area (Å²) in [5.41, 5.74) is 0. The molecule has 0 aromatic rings. The minimum atomic E-state index is -0.579. The lowest BCUT2D eigenvalue weighted by Gasteiger charge is -2.33. The van der Waals surface area contributed by atoms with Crippen LogP contribution in [0.25, 0.3) is 0 Å². The molecule has 0 amide bonds. The first-order valence-electron chi connectivity index (χ1n) is 5.88. The summed E-state index contributed by atoms with van der Waals surface area (Å²) in [6.07, 6.45) is 1.26. The van der Waals surface area contributed by atoms with E-state index in [4.69, 9.17) is 22.1 Å². The van der Waals surface area contributed by atoms with Gasteiger partial charge in [0.25, 0.3) is 0 Å². The van der Waals surface area contributed by atoms with Gasteiger partial charge in [0.15, 0.2) is 0 Å². The summed E-state index contributed by atoms with van der Waals surface area (Å²) in [5, 5.41) is 0. The Hall–Kier alpha value is -0.705. The zero-order valence-corrected chi connectivity index (χ0v) is 9.72. The average molecular weight is 224 g/mol. The standard InChI is InChI=1S/C11H17BO4/c1-3-8-7(12)5-10-9(4-6(2)14-8)15-11(13)16-10/h6-10H,3-5H2,1-2H3/t6-,7+,8-,9+,10-/m1/s1. The molecule has 2 radical (unpaired) electrons. The van der Waals surface area contributed by atoms with E-state index in [1.165, 1.54) is 0 Å². The number of carbonyl (C=O) groups excluding carboxylic acids is 1. The Labute approximate surface area is 97.0 Å². The predicted octanol–water partition coefficient (Wildman–Crippen LogP) is 1.82. The van der Waals surface area contributed by atoms with Crippen LogP contribution in [0.5, 0.6) is 0 Å². The van der Waals surface area contributed by atoms with Crippen LogP contribution in [0.4, 0.5) is 4.79 Å². The van der Waals surface area contributed by atoms with E-state index in [1.54, 1.807) is 0 Å². The van der Waals surface area contributed by atoms with Gasteiger partial charge in [-0.3, -0.25) is 0 Å². The smallest absolute Gasteiger partial charge is 0.427 e. The fourth-order valence-electron chi connectivity index (χ4n) is 2.43. The van der Waals surface area contributed by atoms with Crippen LogP contribution in [0, 0.1) is 0 Å². The predicted molar refractivity (Wildman–Crippen MR) is 58.5 cm³/mol. The third-order valence-electron chi connectivity index (χ3n) is 3.27. The lowest BCUT2D eigenvalue weighted by Crippen LogP contribution is -2.37. The van der Waals surface area contributed by atoms with Crippen LogP contribution in [-0.4, -0.2) is 38.4 Å². The van der Waals surface area contributed by atoms with Crippen molar-refractivity contribution in [2.45, 2.75) is 63.3 Å². The minimum Gasteiger partial charge on any atom is -0.427 e. The van der Waals surface area contributed by atoms with E-state index in [9.17, 15) is 4.79 Å². The van der Waals surface area contributed by atoms with Crippen molar-refractivity contribution >= 4 is 14.0 Å². The maximum Gasteiger partial charge on any atom is 0.509 e. The van der Waals surface area contributed by atoms with E-state index in [2.05, 4.69) is 0 Å². The fourth-order valence-corrected chi connectivity index (χ4v) is 2.43. The fraction of sp³-hybridized carbons (Fsp3) is 0.909. The molecule has 0 spiro atoms. The zero-order chi connectivity index (χ0) is 11.7. The lowest BCUT2D eigenvalue weighted by atomic mass is 9.75. The van der Waals surface area contributed by atoms with Crippen LogP contribution >= 0.6 is 0 Å². The van der Waals surface area contributed by atoms with Gasteiger partial charge >= 0.3 is 6.16 Å². The third kappa shape index (κ3) is 2.34. The first-order valence-corrected chi connectivity index (χ1v) is 5.88. The highest BCUT2D eigenvalue weighted by molar-refractivity contribution is 6.12. The molecule has 88 valence electrons. The van der Waals surface area contributed by atoms with Crippen LogP contribution < -0.4 is 0 Å². The van der Waals surface area contributed by atoms with E-state index in [1.807, 2.05) is 13.8 Å². The van der Waals surface area contributed by atoms with Crippen molar-refractivity contribution in [3.63, 3.8) is 0 Å². The maximum atomic E-state index is 11.1. The number of rotatable bonds is 1. The van der Waals surface area contributed by atoms with Crippen molar-refractivity contribution in [1.29, 1.82) is 0 Å². The molecule has 0 saturated carbocycles. The number of carbonyl (C=O) groups is 1. The van der Waals surface area contributed by atoms with Crippen molar-refractivity contribution < 1.29 is 19.0 Å². The molecule has 0 aromatic carbocycles. The lowest BCUT2D eigenvalue weighted by molar-refractivity contribution is -0.0515. The Morgan fingerprint density at radius 3 is 2.56 bits per heavy atom. The maximum absolute atomic E-state index is 11.1. The van der Waals surface area contributed by atoms with Gasteiger partial charge in [-0.25, -0.2) is 4.79 Å². The topological polar surface area (TPSA) is 44.8 Å². The molecule has 4 nitrogen and oxygen atoms in total. The Balaban J connectivity index is 2.08. The van der Waals surface area contributed by atoms with Crippen LogP contribution in [0.15, 0.2) is 0 Å². The Kier molecular flexibility index (Phi) is 3.43. The summed E-state index contributed by atoms with van der Waals surface area (Å²) in [5.74, 6) is -0.102. The second-order valence-electron chi connectivity index (χ2n) is 4.59. The van der Waals surface area contributed by atoms with Gasteiger partial charge in [-0.2, -0.15) is 0 Å². The summed E-state index contributed by atoms with van der Waals surface area (Å²) in [4.78, 5) is 11.1. The molecule has 0 N–H and O–H groups in total. The van der Waals surface area contributed by atoms with Crippen molar-refractivity contribution in [2.75, 3.05) is 0 Å². The largest absolute Gasteiger partial charge is 0.509 e. The van der Waals surface area contributed by atoms with Crippen LogP contribution in [0.2, 0.25) is 5.82 Å². The van der Waals surface area contributed by atoms with Crippen molar-refractivity contribution in [3.05, 3.63) is 0 Å². The molecule has 5 heteroatoms. The quantitative estimate of drug-likeness (QED) is 0.503. The molecule has 0 bridgehead atoms. The molecule has 16 heavy (non-hydrogen) atoms. The molecule has 0 aromatic heterocycles. The van der Waals surface area contributed by atoms with Gasteiger partial charge in [-0.15, -0.1) is 0 Å². The van der Waals surface area contributed by atoms with Gasteiger partial charge in [0.05, 0.1) is 20.1 Å². The van der Waals surface area contributed by atoms with Gasteiger partial charge in [0.2, 0.25) is 0 Å². The van der Waals surface area contributed by atoms with Crippen LogP contribution in [0.1, 0.15) is 33.1 Å². The molecule has 2 rings (SSSR count). The van der Waals surface area contributed by atoms with E-state index < -0.39 is 6.16 Å². The number of hydrogen-bond donors (Lipinski definition) is 0. The summed E-state index contributed by atoms with van der Waals surface area (Å²) in [6.45, 7) is 4.03. The second kappa shape index (κ2) is 4.66. The monoisotopic (exact) mass is 224 g/mol. The SMILES string of the molecule is [B][C@H]1C[C@H]2OC(=O)O[C@H]2C[C@@H](C)O[C@@H]1CC. The summed E-state index contributed by atoms with van der Waals surface area (Å²) < 4.78 is 16.0. The summed E-state index contributed by atoms with van der Waals surface area (Å²) >= 11 is 0. The molecule has 2 fully saturated rings. The number of hydrogen-bond acceptors (Lipinski definition) is 4. The van der Waals surface area contributed by atoms with Gasteiger partial charge in [-0.1, -0.05) is 6.92 Å². The summed E-state index contributed by atoms with van der Waals surface area (Å²) in [6, 6.07) is 0. The average Bonchev–Trinajstić information content (AvgIpc) is 2.53. The normalized spacial score (nSPS) is 43.9. The molecule has 5 atom stereocenters. The Morgan fingerprint density at radius 2 is 1.94 bits per heavy atom. The highest BCUT2D eigenvalue weighted by Crippen LogP contribution is 2.33. The zero-order valence-electron chi connectivity index (χ0n) is 9.72. The van der Waals surface area contributed by atoms with Gasteiger partial charge in [0, 0.05) is 6.42 Å². The second-order valence-corrected chi connectivity index (χ2v) is 4.59. The van der Waals surface area contributed by atoms with E-state index in [-0.39, 0.29) is 30.2 Å². The molecule has 0 aliphatic carbocycles. The van der Waals surface area contributed by atoms with Gasteiger partial charge in [-0.05, 0) is 25.6 Å². The molecule has 2 saturated heterocycles. The Bertz CT molecular complexity index is 271. The molecular weight excluding hydrogens is 207 g/mol. The molecule has 2 heterocycles. The first-order chi connectivity index (χ1) is 7.60. The molecular formula is C11H17BO4. The minimum absolute atomic E-state index is 0.0373. The number of fused-ring (bicyclic) bond motifs is 1. The van der Waals surface area contributed by atoms with Gasteiger partial charge in [0.1, 0.15) is 12.2 Å². The number of ether oxygens (including phenoxy) is 3. The van der Waals surface area contributed by atoms with E-state index in [0.29, 0.717) is 12.8 Å². The van der Waals surface area contributed by atoms with Crippen molar-refractivity contribution in [3.8, 4) is 0 Å². The van der Waals surface area contributed by atoms with Crippen LogP contribution in [-0.2, 0) is 14.2 Å². The van der Waals surface area contributed by atoms with Crippen molar-refractivity contribution in [1.82, 2.24) is 0 Å². The summed E-state index contributed by atoms with van der Waals surface area (Å²) in [7, 11) is 6.05. The van der Waals surface area contributed by atoms with E-state index in [0.717, 1.165) is 6.42 Å². The highest BCUT2D eigenvalue weighted by atomic mass is 16.8. The first kappa shape index (κ1) is 11.8. The third-order valence-corrected chi connectivity index (χ3v) is 3.27. The van der Waals surface area contributed by atoms with Crippen molar-refractivity contribution in [2.24, 2.45) is 0 Å². The molecule has 0 unspecified atom stereocenters. The van der Waals surface area contributed by atoms with Crippen LogP contribution in [0.3, 0.4) is 0 Å².